The van der Waals surface area contributed by atoms with Crippen LogP contribution in [0.5, 0.6) is 11.5 Å². The lowest BCUT2D eigenvalue weighted by atomic mass is 9.81. The number of ether oxygens (including phenoxy) is 7. The van der Waals surface area contributed by atoms with Gasteiger partial charge in [-0.2, -0.15) is 0 Å². The molecule has 1 fully saturated rings. The van der Waals surface area contributed by atoms with Crippen molar-refractivity contribution in [3.63, 3.8) is 0 Å². The molecule has 2 aliphatic rings. The first kappa shape index (κ1) is 30.3. The van der Waals surface area contributed by atoms with Crippen molar-refractivity contribution < 1.29 is 33.2 Å². The molecule has 4 aromatic rings. The van der Waals surface area contributed by atoms with Gasteiger partial charge in [0.1, 0.15) is 12.2 Å². The molecule has 2 heterocycles. The maximum atomic E-state index is 6.81. The zero-order valence-corrected chi connectivity index (χ0v) is 25.2. The lowest BCUT2D eigenvalue weighted by molar-refractivity contribution is -0.306. The first-order valence-electron chi connectivity index (χ1n) is 15.3. The third-order valence-electron chi connectivity index (χ3n) is 8.11. The topological polar surface area (TPSA) is 64.6 Å². The van der Waals surface area contributed by atoms with Crippen molar-refractivity contribution in [3.05, 3.63) is 131 Å². The van der Waals surface area contributed by atoms with Gasteiger partial charge >= 0.3 is 0 Å². The van der Waals surface area contributed by atoms with Crippen molar-refractivity contribution in [3.8, 4) is 11.5 Å². The van der Waals surface area contributed by atoms with Crippen LogP contribution in [0.15, 0.2) is 109 Å². The number of rotatable bonds is 13. The monoisotopic (exact) mass is 596 g/mol. The Balaban J connectivity index is 1.34. The molecular formula is C37H40O7. The summed E-state index contributed by atoms with van der Waals surface area (Å²) in [6.07, 6.45) is -2.41. The van der Waals surface area contributed by atoms with Gasteiger partial charge in [0.15, 0.2) is 11.5 Å². The Morgan fingerprint density at radius 1 is 0.659 bits per heavy atom. The van der Waals surface area contributed by atoms with E-state index in [9.17, 15) is 0 Å². The Morgan fingerprint density at radius 2 is 1.25 bits per heavy atom. The zero-order chi connectivity index (χ0) is 30.1. The van der Waals surface area contributed by atoms with E-state index in [0.717, 1.165) is 22.3 Å². The molecule has 0 unspecified atom stereocenters. The van der Waals surface area contributed by atoms with Gasteiger partial charge in [-0.25, -0.2) is 0 Å². The number of hydrogen-bond donors (Lipinski definition) is 0. The smallest absolute Gasteiger partial charge is 0.208 e. The minimum atomic E-state index is -0.670. The molecule has 6 rings (SSSR count). The highest BCUT2D eigenvalue weighted by Crippen LogP contribution is 2.50. The normalized spacial score (nSPS) is 24.1. The Kier molecular flexibility index (Phi) is 10.2. The first-order valence-corrected chi connectivity index (χ1v) is 15.3. The summed E-state index contributed by atoms with van der Waals surface area (Å²) in [5.41, 5.74) is 4.12. The molecule has 0 spiro atoms. The van der Waals surface area contributed by atoms with E-state index in [1.165, 1.54) is 0 Å². The van der Waals surface area contributed by atoms with E-state index in [0.29, 0.717) is 44.5 Å². The van der Waals surface area contributed by atoms with Crippen LogP contribution < -0.4 is 9.47 Å². The van der Waals surface area contributed by atoms with Gasteiger partial charge in [0.2, 0.25) is 6.29 Å². The fraction of sp³-hybridized carbons (Fsp3) is 0.351. The summed E-state index contributed by atoms with van der Waals surface area (Å²) in [5, 5.41) is 0. The highest BCUT2D eigenvalue weighted by Gasteiger charge is 2.55. The molecule has 0 aliphatic carbocycles. The lowest BCUT2D eigenvalue weighted by Crippen LogP contribution is -2.61. The van der Waals surface area contributed by atoms with Crippen LogP contribution in [-0.4, -0.2) is 44.9 Å². The predicted octanol–water partition coefficient (Wildman–Crippen LogP) is 6.89. The molecule has 44 heavy (non-hydrogen) atoms. The third-order valence-corrected chi connectivity index (χ3v) is 8.11. The minimum Gasteiger partial charge on any atom is -0.490 e. The summed E-state index contributed by atoms with van der Waals surface area (Å²) < 4.78 is 45.3. The molecule has 230 valence electrons. The molecule has 4 aromatic carbocycles. The maximum Gasteiger partial charge on any atom is 0.208 e. The fourth-order valence-electron chi connectivity index (χ4n) is 6.05. The lowest BCUT2D eigenvalue weighted by Gasteiger charge is -2.50. The summed E-state index contributed by atoms with van der Waals surface area (Å²) >= 11 is 0. The van der Waals surface area contributed by atoms with Crippen LogP contribution in [0.25, 0.3) is 0 Å². The average molecular weight is 597 g/mol. The molecule has 0 N–H and O–H groups in total. The standard InChI is InChI=1S/C37H40O7/c1-3-40-30-21-13-20-29-33(30)44-37-32(34(29)38-2)36(42-24-28-18-11-6-12-19-28)35(41-23-27-16-9-5-10-17-27)31(43-37)25-39-22-26-14-7-4-8-15-26/h4-21,31-32,34-37H,3,22-25H2,1-2H3/t31-,32+,34+,35-,36-,37+/m1/s1. The molecule has 2 aliphatic heterocycles. The number of fused-ring (bicyclic) bond motifs is 2. The Labute approximate surface area is 259 Å². The molecule has 0 saturated carbocycles. The van der Waals surface area contributed by atoms with Crippen molar-refractivity contribution in [2.75, 3.05) is 20.3 Å². The summed E-state index contributed by atoms with van der Waals surface area (Å²) in [7, 11) is 1.72. The summed E-state index contributed by atoms with van der Waals surface area (Å²) in [4.78, 5) is 0. The molecular weight excluding hydrogens is 556 g/mol. The van der Waals surface area contributed by atoms with Gasteiger partial charge in [-0.15, -0.1) is 0 Å². The van der Waals surface area contributed by atoms with Gasteiger partial charge in [-0.05, 0) is 29.7 Å². The number of methoxy groups -OCH3 is 1. The van der Waals surface area contributed by atoms with Crippen LogP contribution in [0.3, 0.4) is 0 Å². The first-order chi connectivity index (χ1) is 21.7. The molecule has 1 saturated heterocycles. The number of benzene rings is 4. The SMILES string of the molecule is CCOc1cccc2c1O[C@@H]1O[C@H](COCc3ccccc3)[C@@H](OCc3ccccc3)[C@H](OCc3ccccc3)[C@@H]1[C@H]2OC. The Hall–Kier alpha value is -3.72. The van der Waals surface area contributed by atoms with E-state index in [2.05, 4.69) is 24.3 Å². The van der Waals surface area contributed by atoms with Crippen molar-refractivity contribution in [2.45, 2.75) is 57.5 Å². The summed E-state index contributed by atoms with van der Waals surface area (Å²) in [5.74, 6) is 0.978. The second-order valence-corrected chi connectivity index (χ2v) is 11.0. The summed E-state index contributed by atoms with van der Waals surface area (Å²) in [6, 6.07) is 36.3. The minimum absolute atomic E-state index is 0.295. The van der Waals surface area contributed by atoms with E-state index in [4.69, 9.17) is 33.2 Å². The van der Waals surface area contributed by atoms with Crippen LogP contribution in [0.2, 0.25) is 0 Å². The van der Waals surface area contributed by atoms with E-state index in [1.807, 2.05) is 91.9 Å². The van der Waals surface area contributed by atoms with E-state index in [-0.39, 0.29) is 12.0 Å². The van der Waals surface area contributed by atoms with Gasteiger partial charge in [-0.3, -0.25) is 0 Å². The molecule has 0 bridgehead atoms. The van der Waals surface area contributed by atoms with E-state index < -0.39 is 24.6 Å². The molecule has 7 heteroatoms. The quantitative estimate of drug-likeness (QED) is 0.166. The molecule has 0 aromatic heterocycles. The second-order valence-electron chi connectivity index (χ2n) is 11.0. The van der Waals surface area contributed by atoms with Gasteiger partial charge < -0.3 is 33.2 Å². The molecule has 0 amide bonds. The Morgan fingerprint density at radius 3 is 1.84 bits per heavy atom. The highest BCUT2D eigenvalue weighted by atomic mass is 16.7. The number of para-hydroxylation sites is 1. The van der Waals surface area contributed by atoms with Crippen molar-refractivity contribution in [1.29, 1.82) is 0 Å². The van der Waals surface area contributed by atoms with Gasteiger partial charge in [0.25, 0.3) is 0 Å². The summed E-state index contributed by atoms with van der Waals surface area (Å²) in [6.45, 7) is 4.02. The van der Waals surface area contributed by atoms with E-state index >= 15 is 0 Å². The van der Waals surface area contributed by atoms with Crippen LogP contribution in [0.4, 0.5) is 0 Å². The molecule has 6 atom stereocenters. The van der Waals surface area contributed by atoms with Crippen LogP contribution >= 0.6 is 0 Å². The fourth-order valence-corrected chi connectivity index (χ4v) is 6.05. The van der Waals surface area contributed by atoms with Gasteiger partial charge in [-0.1, -0.05) is 103 Å². The van der Waals surface area contributed by atoms with Crippen molar-refractivity contribution in [1.82, 2.24) is 0 Å². The van der Waals surface area contributed by atoms with Gasteiger partial charge in [0, 0.05) is 12.7 Å². The molecule has 7 nitrogen and oxygen atoms in total. The number of hydrogen-bond acceptors (Lipinski definition) is 7. The molecule has 0 radical (unpaired) electrons. The van der Waals surface area contributed by atoms with Crippen molar-refractivity contribution >= 4 is 0 Å². The Bertz CT molecular complexity index is 1430. The maximum absolute atomic E-state index is 6.81. The van der Waals surface area contributed by atoms with Crippen LogP contribution in [-0.2, 0) is 43.5 Å². The van der Waals surface area contributed by atoms with Crippen LogP contribution in [0.1, 0.15) is 35.3 Å². The van der Waals surface area contributed by atoms with Crippen LogP contribution in [0, 0.1) is 5.92 Å². The predicted molar refractivity (Wildman–Crippen MR) is 166 cm³/mol. The highest BCUT2D eigenvalue weighted by molar-refractivity contribution is 5.49. The largest absolute Gasteiger partial charge is 0.490 e. The van der Waals surface area contributed by atoms with Gasteiger partial charge in [0.05, 0.1) is 51.2 Å². The van der Waals surface area contributed by atoms with E-state index in [1.54, 1.807) is 7.11 Å². The zero-order valence-electron chi connectivity index (χ0n) is 25.2. The second kappa shape index (κ2) is 14.8. The third kappa shape index (κ3) is 6.98. The average Bonchev–Trinajstić information content (AvgIpc) is 3.07. The van der Waals surface area contributed by atoms with Crippen molar-refractivity contribution in [2.24, 2.45) is 5.92 Å².